The standard InChI is InChI=1S/C31H33F2N5O3/c1-30(40)8-4-10-37(17-30)28-24-15-34-26(23-13-21(39)12-19-6-2-3-7-22(19)23)25(33)27(24)35-29(36-28)41-18-31-9-5-11-38(31)16-20(32)14-31/h2-3,6-7,12-13,15,20,39-40H,4-5,8-11,14,16-18H2,1H3/t20-,30-,31?/m1/s1. The first-order chi connectivity index (χ1) is 19.7. The number of alkyl halides is 1. The number of hydrogen-bond acceptors (Lipinski definition) is 8. The Hall–Kier alpha value is -3.63. The maximum atomic E-state index is 16.5. The molecule has 2 N–H and O–H groups in total. The Morgan fingerprint density at radius 2 is 1.93 bits per heavy atom. The largest absolute Gasteiger partial charge is 0.508 e. The minimum absolute atomic E-state index is 0.00560. The topological polar surface area (TPSA) is 94.8 Å². The molecule has 214 valence electrons. The van der Waals surface area contributed by atoms with Gasteiger partial charge in [0.05, 0.1) is 16.5 Å². The van der Waals surface area contributed by atoms with Crippen LogP contribution in [0, 0.1) is 5.82 Å². The van der Waals surface area contributed by atoms with Gasteiger partial charge in [0, 0.05) is 37.8 Å². The number of piperidine rings is 1. The number of phenols is 1. The van der Waals surface area contributed by atoms with E-state index in [0.29, 0.717) is 49.2 Å². The van der Waals surface area contributed by atoms with Crippen LogP contribution in [0.2, 0.25) is 0 Å². The van der Waals surface area contributed by atoms with Crippen molar-refractivity contribution >= 4 is 27.5 Å². The fraction of sp³-hybridized carbons (Fsp3) is 0.452. The summed E-state index contributed by atoms with van der Waals surface area (Å²) in [5.41, 5.74) is -0.781. The summed E-state index contributed by atoms with van der Waals surface area (Å²) >= 11 is 0. The van der Waals surface area contributed by atoms with Crippen LogP contribution in [0.1, 0.15) is 39.0 Å². The van der Waals surface area contributed by atoms with Crippen molar-refractivity contribution in [2.75, 3.05) is 37.7 Å². The molecule has 0 aliphatic carbocycles. The van der Waals surface area contributed by atoms with Gasteiger partial charge in [-0.05, 0) is 62.1 Å². The van der Waals surface area contributed by atoms with Crippen LogP contribution in [-0.4, -0.2) is 80.2 Å². The molecular formula is C31H33F2N5O3. The molecule has 8 nitrogen and oxygen atoms in total. The first kappa shape index (κ1) is 26.3. The molecule has 0 bridgehead atoms. The van der Waals surface area contributed by atoms with Crippen molar-refractivity contribution in [2.24, 2.45) is 0 Å². The van der Waals surface area contributed by atoms with E-state index in [2.05, 4.69) is 14.9 Å². The molecule has 3 saturated heterocycles. The van der Waals surface area contributed by atoms with E-state index < -0.39 is 23.1 Å². The van der Waals surface area contributed by atoms with Gasteiger partial charge in [0.25, 0.3) is 0 Å². The average molecular weight is 562 g/mol. The van der Waals surface area contributed by atoms with E-state index in [1.807, 2.05) is 29.2 Å². The number of halogens is 2. The Balaban J connectivity index is 1.35. The fourth-order valence-corrected chi connectivity index (χ4v) is 7.05. The van der Waals surface area contributed by atoms with Crippen LogP contribution in [0.15, 0.2) is 42.6 Å². The minimum Gasteiger partial charge on any atom is -0.508 e. The molecule has 3 fully saturated rings. The third kappa shape index (κ3) is 4.63. The highest BCUT2D eigenvalue weighted by atomic mass is 19.1. The van der Waals surface area contributed by atoms with Crippen molar-refractivity contribution in [2.45, 2.75) is 56.3 Å². The predicted molar refractivity (Wildman–Crippen MR) is 153 cm³/mol. The number of aromatic nitrogens is 3. The van der Waals surface area contributed by atoms with Crippen LogP contribution < -0.4 is 9.64 Å². The van der Waals surface area contributed by atoms with Gasteiger partial charge >= 0.3 is 6.01 Å². The summed E-state index contributed by atoms with van der Waals surface area (Å²) in [7, 11) is 0. The summed E-state index contributed by atoms with van der Waals surface area (Å²) in [5.74, 6) is -0.203. The lowest BCUT2D eigenvalue weighted by Gasteiger charge is -2.38. The van der Waals surface area contributed by atoms with Crippen molar-refractivity contribution in [1.82, 2.24) is 19.9 Å². The number of aliphatic hydroxyl groups is 1. The van der Waals surface area contributed by atoms with Gasteiger partial charge in [-0.3, -0.25) is 9.88 Å². The molecule has 7 rings (SSSR count). The Morgan fingerprint density at radius 3 is 2.78 bits per heavy atom. The zero-order valence-electron chi connectivity index (χ0n) is 23.0. The second kappa shape index (κ2) is 9.73. The van der Waals surface area contributed by atoms with Gasteiger partial charge in [0.2, 0.25) is 0 Å². The number of phenolic OH excluding ortho intramolecular Hbond substituents is 1. The molecule has 0 saturated carbocycles. The third-order valence-corrected chi connectivity index (χ3v) is 8.95. The second-order valence-electron chi connectivity index (χ2n) is 12.1. The molecule has 3 atom stereocenters. The lowest BCUT2D eigenvalue weighted by atomic mass is 9.95. The average Bonchev–Trinajstić information content (AvgIpc) is 3.46. The van der Waals surface area contributed by atoms with Crippen LogP contribution >= 0.6 is 0 Å². The van der Waals surface area contributed by atoms with E-state index in [1.54, 1.807) is 19.2 Å². The van der Waals surface area contributed by atoms with E-state index in [9.17, 15) is 14.6 Å². The first-order valence-electron chi connectivity index (χ1n) is 14.3. The number of ether oxygens (including phenoxy) is 1. The van der Waals surface area contributed by atoms with Gasteiger partial charge in [0.1, 0.15) is 35.6 Å². The summed E-state index contributed by atoms with van der Waals surface area (Å²) in [4.78, 5) is 17.8. The number of anilines is 1. The predicted octanol–water partition coefficient (Wildman–Crippen LogP) is 5.00. The van der Waals surface area contributed by atoms with Crippen molar-refractivity contribution < 1.29 is 23.7 Å². The van der Waals surface area contributed by atoms with Crippen molar-refractivity contribution in [3.8, 4) is 23.0 Å². The Kier molecular flexibility index (Phi) is 6.24. The molecule has 0 spiro atoms. The lowest BCUT2D eigenvalue weighted by Crippen LogP contribution is -2.46. The number of aromatic hydroxyl groups is 1. The smallest absolute Gasteiger partial charge is 0.319 e. The number of nitrogens with zero attached hydrogens (tertiary/aromatic N) is 5. The molecule has 10 heteroatoms. The maximum Gasteiger partial charge on any atom is 0.319 e. The molecule has 0 radical (unpaired) electrons. The second-order valence-corrected chi connectivity index (χ2v) is 12.1. The van der Waals surface area contributed by atoms with Gasteiger partial charge in [-0.1, -0.05) is 24.3 Å². The molecule has 41 heavy (non-hydrogen) atoms. The molecule has 5 heterocycles. The van der Waals surface area contributed by atoms with E-state index >= 15 is 4.39 Å². The summed E-state index contributed by atoms with van der Waals surface area (Å²) in [6.45, 7) is 4.18. The number of benzene rings is 2. The number of rotatable bonds is 5. The van der Waals surface area contributed by atoms with E-state index in [4.69, 9.17) is 9.72 Å². The van der Waals surface area contributed by atoms with Gasteiger partial charge < -0.3 is 19.8 Å². The first-order valence-corrected chi connectivity index (χ1v) is 14.3. The molecule has 1 unspecified atom stereocenters. The Morgan fingerprint density at radius 1 is 1.10 bits per heavy atom. The zero-order valence-corrected chi connectivity index (χ0v) is 23.0. The zero-order chi connectivity index (χ0) is 28.4. The highest BCUT2D eigenvalue weighted by Gasteiger charge is 2.49. The van der Waals surface area contributed by atoms with Crippen LogP contribution in [0.4, 0.5) is 14.6 Å². The summed E-state index contributed by atoms with van der Waals surface area (Å²) in [6, 6.07) is 10.6. The summed E-state index contributed by atoms with van der Waals surface area (Å²) in [6.07, 6.45) is 4.26. The Labute approximate surface area is 236 Å². The van der Waals surface area contributed by atoms with Gasteiger partial charge in [-0.15, -0.1) is 0 Å². The minimum atomic E-state index is -0.924. The number of fused-ring (bicyclic) bond motifs is 3. The van der Waals surface area contributed by atoms with E-state index in [1.165, 1.54) is 6.07 Å². The number of hydrogen-bond donors (Lipinski definition) is 2. The van der Waals surface area contributed by atoms with E-state index in [-0.39, 0.29) is 29.6 Å². The van der Waals surface area contributed by atoms with Crippen LogP contribution in [-0.2, 0) is 0 Å². The van der Waals surface area contributed by atoms with Crippen molar-refractivity contribution in [3.05, 3.63) is 48.4 Å². The Bertz CT molecular complexity index is 1650. The summed E-state index contributed by atoms with van der Waals surface area (Å²) < 4.78 is 37.0. The van der Waals surface area contributed by atoms with Crippen molar-refractivity contribution in [1.29, 1.82) is 0 Å². The van der Waals surface area contributed by atoms with Gasteiger partial charge in [-0.25, -0.2) is 8.78 Å². The molecular weight excluding hydrogens is 528 g/mol. The van der Waals surface area contributed by atoms with Crippen LogP contribution in [0.3, 0.4) is 0 Å². The van der Waals surface area contributed by atoms with Gasteiger partial charge in [0.15, 0.2) is 5.82 Å². The van der Waals surface area contributed by atoms with Crippen LogP contribution in [0.5, 0.6) is 11.8 Å². The monoisotopic (exact) mass is 561 g/mol. The maximum absolute atomic E-state index is 16.5. The molecule has 3 aliphatic rings. The SMILES string of the molecule is C[C@@]1(O)CCCN(c2nc(OCC34CCCN3C[C@H](F)C4)nc3c(F)c(-c4cc(O)cc5ccccc45)ncc23)C1. The molecule has 4 aromatic rings. The number of pyridine rings is 1. The highest BCUT2D eigenvalue weighted by Crippen LogP contribution is 2.41. The fourth-order valence-electron chi connectivity index (χ4n) is 7.05. The van der Waals surface area contributed by atoms with Crippen LogP contribution in [0.25, 0.3) is 32.9 Å². The molecule has 2 aromatic heterocycles. The quantitative estimate of drug-likeness (QED) is 0.352. The van der Waals surface area contributed by atoms with E-state index in [0.717, 1.165) is 36.6 Å². The highest BCUT2D eigenvalue weighted by molar-refractivity contribution is 5.99. The normalized spacial score (nSPS) is 26.6. The van der Waals surface area contributed by atoms with Crippen molar-refractivity contribution in [3.63, 3.8) is 0 Å². The number of β-amino-alcohol motifs (C(OH)–C–C–N with tert-alkyl or cyclic N) is 1. The molecule has 2 aromatic carbocycles. The molecule has 0 amide bonds. The third-order valence-electron chi connectivity index (χ3n) is 8.95. The summed E-state index contributed by atoms with van der Waals surface area (Å²) in [5, 5.41) is 23.1. The lowest BCUT2D eigenvalue weighted by molar-refractivity contribution is 0.0447. The molecule has 3 aliphatic heterocycles. The van der Waals surface area contributed by atoms with Gasteiger partial charge in [-0.2, -0.15) is 9.97 Å².